The number of benzene rings is 8. The van der Waals surface area contributed by atoms with Crippen molar-refractivity contribution in [2.24, 2.45) is 5.92 Å². The van der Waals surface area contributed by atoms with E-state index in [1.54, 1.807) is 0 Å². The van der Waals surface area contributed by atoms with Crippen LogP contribution in [0.15, 0.2) is 176 Å². The highest BCUT2D eigenvalue weighted by Crippen LogP contribution is 2.54. The Labute approximate surface area is 313 Å². The van der Waals surface area contributed by atoms with E-state index in [-0.39, 0.29) is 17.4 Å². The molecule has 0 spiro atoms. The van der Waals surface area contributed by atoms with Gasteiger partial charge in [0.2, 0.25) is 0 Å². The summed E-state index contributed by atoms with van der Waals surface area (Å²) in [5.74, 6) is 0.278. The molecule has 0 saturated carbocycles. The van der Waals surface area contributed by atoms with E-state index in [1.807, 2.05) is 11.3 Å². The Bertz CT molecular complexity index is 3000. The monoisotopic (exact) mass is 695 g/mol. The van der Waals surface area contributed by atoms with Crippen LogP contribution in [-0.2, 0) is 5.41 Å². The third-order valence-corrected chi connectivity index (χ3v) is 13.2. The quantitative estimate of drug-likeness (QED) is 0.166. The van der Waals surface area contributed by atoms with E-state index in [0.717, 1.165) is 0 Å². The predicted octanol–water partition coefficient (Wildman–Crippen LogP) is 14.2. The summed E-state index contributed by atoms with van der Waals surface area (Å²) in [6, 6.07) is 58.9. The summed E-state index contributed by atoms with van der Waals surface area (Å²) in [7, 11) is 0. The van der Waals surface area contributed by atoms with Crippen molar-refractivity contribution in [2.75, 3.05) is 4.90 Å². The van der Waals surface area contributed by atoms with Gasteiger partial charge in [0.05, 0.1) is 6.04 Å². The van der Waals surface area contributed by atoms with Crippen molar-refractivity contribution in [1.29, 1.82) is 0 Å². The maximum absolute atomic E-state index is 2.62. The molecule has 2 unspecified atom stereocenters. The third-order valence-electron chi connectivity index (χ3n) is 12.1. The number of hydrogen-bond donors (Lipinski definition) is 0. The van der Waals surface area contributed by atoms with Gasteiger partial charge in [-0.05, 0) is 109 Å². The maximum atomic E-state index is 2.62. The molecule has 11 rings (SSSR count). The van der Waals surface area contributed by atoms with E-state index >= 15 is 0 Å². The lowest BCUT2D eigenvalue weighted by atomic mass is 9.64. The molecular weight excluding hydrogens is 659 g/mol. The zero-order valence-corrected chi connectivity index (χ0v) is 30.6. The molecular formula is C51H37NS. The molecule has 252 valence electrons. The molecule has 1 aliphatic carbocycles. The number of para-hydroxylation sites is 1. The highest BCUT2D eigenvalue weighted by atomic mass is 32.1. The number of allylic oxidation sites excluding steroid dienone is 2. The van der Waals surface area contributed by atoms with Crippen molar-refractivity contribution in [3.05, 3.63) is 187 Å². The van der Waals surface area contributed by atoms with E-state index in [1.165, 1.54) is 91.7 Å². The summed E-state index contributed by atoms with van der Waals surface area (Å²) < 4.78 is 2.68. The molecule has 0 radical (unpaired) electrons. The van der Waals surface area contributed by atoms with Gasteiger partial charge >= 0.3 is 0 Å². The molecule has 2 atom stereocenters. The molecule has 0 saturated heterocycles. The summed E-state index contributed by atoms with van der Waals surface area (Å²) in [5, 5.41) is 10.6. The molecule has 2 aliphatic rings. The highest BCUT2D eigenvalue weighted by molar-refractivity contribution is 7.25. The number of anilines is 2. The van der Waals surface area contributed by atoms with Crippen LogP contribution < -0.4 is 4.90 Å². The molecule has 1 aromatic heterocycles. The Hall–Kier alpha value is -5.96. The molecule has 1 aliphatic heterocycles. The Morgan fingerprint density at radius 3 is 1.85 bits per heavy atom. The number of hydrogen-bond acceptors (Lipinski definition) is 2. The number of fused-ring (bicyclic) bond motifs is 11. The van der Waals surface area contributed by atoms with Crippen LogP contribution in [0.5, 0.6) is 0 Å². The van der Waals surface area contributed by atoms with Crippen molar-refractivity contribution in [1.82, 2.24) is 0 Å². The molecule has 1 nitrogen and oxygen atoms in total. The van der Waals surface area contributed by atoms with Crippen LogP contribution >= 0.6 is 11.3 Å². The summed E-state index contributed by atoms with van der Waals surface area (Å²) in [5.41, 5.74) is 8.84. The van der Waals surface area contributed by atoms with Crippen LogP contribution in [0.25, 0.3) is 69.2 Å². The Morgan fingerprint density at radius 1 is 0.491 bits per heavy atom. The second-order valence-electron chi connectivity index (χ2n) is 15.3. The zero-order valence-electron chi connectivity index (χ0n) is 29.8. The van der Waals surface area contributed by atoms with Crippen molar-refractivity contribution in [3.63, 3.8) is 0 Å². The molecule has 2 heterocycles. The second kappa shape index (κ2) is 11.5. The first-order chi connectivity index (χ1) is 26.0. The largest absolute Gasteiger partial charge is 0.334 e. The normalized spacial score (nSPS) is 17.8. The van der Waals surface area contributed by atoms with Crippen molar-refractivity contribution in [2.45, 2.75) is 25.3 Å². The first-order valence-electron chi connectivity index (χ1n) is 18.7. The minimum atomic E-state index is -0.106. The van der Waals surface area contributed by atoms with Crippen LogP contribution in [-0.4, -0.2) is 6.04 Å². The topological polar surface area (TPSA) is 3.24 Å². The van der Waals surface area contributed by atoms with Crippen molar-refractivity contribution >= 4 is 80.8 Å². The van der Waals surface area contributed by atoms with Crippen molar-refractivity contribution < 1.29 is 0 Å². The molecule has 8 aromatic carbocycles. The summed E-state index contributed by atoms with van der Waals surface area (Å²) in [6.45, 7) is 4.91. The molecule has 53 heavy (non-hydrogen) atoms. The standard InChI is InChI=1S/C51H37NS/c1-51(2)45-25-23-35(33-14-12-13-32(27-33)34-24-26-50-44(28-34)41-21-10-11-22-49(41)53-50)29-47(45)52(36-15-4-3-5-16-36)48-31-43-40-20-9-7-18-38(40)37-17-6-8-19-39(37)42(43)30-46(48)51/h3-31,45,47H,1-2H3. The molecule has 0 fully saturated rings. The lowest BCUT2D eigenvalue weighted by Crippen LogP contribution is -2.50. The van der Waals surface area contributed by atoms with Gasteiger partial charge in [-0.15, -0.1) is 11.3 Å². The fourth-order valence-corrected chi connectivity index (χ4v) is 10.5. The highest BCUT2D eigenvalue weighted by Gasteiger charge is 2.46. The van der Waals surface area contributed by atoms with Crippen LogP contribution in [0.1, 0.15) is 25.0 Å². The van der Waals surface area contributed by atoms with Gasteiger partial charge in [0.25, 0.3) is 0 Å². The summed E-state index contributed by atoms with van der Waals surface area (Å²) in [4.78, 5) is 2.62. The SMILES string of the molecule is CC1(C)c2cc3c4ccccc4c4ccccc4c3cc2N(c2ccccc2)C2C=C(c3cccc(-c4ccc5sc6ccccc6c5c4)c3)C=CC21. The van der Waals surface area contributed by atoms with E-state index < -0.39 is 0 Å². The fourth-order valence-electron chi connectivity index (χ4n) is 9.44. The molecule has 0 N–H and O–H groups in total. The second-order valence-corrected chi connectivity index (χ2v) is 16.4. The fraction of sp³-hybridized carbons (Fsp3) is 0.0980. The van der Waals surface area contributed by atoms with Gasteiger partial charge in [0.1, 0.15) is 0 Å². The Balaban J connectivity index is 1.09. The maximum Gasteiger partial charge on any atom is 0.0602 e. The summed E-state index contributed by atoms with van der Waals surface area (Å²) >= 11 is 1.87. The lowest BCUT2D eigenvalue weighted by molar-refractivity contribution is 0.333. The van der Waals surface area contributed by atoms with Crippen LogP contribution in [0.2, 0.25) is 0 Å². The van der Waals surface area contributed by atoms with Crippen LogP contribution in [0, 0.1) is 5.92 Å². The number of rotatable bonds is 3. The van der Waals surface area contributed by atoms with Crippen LogP contribution in [0.4, 0.5) is 11.4 Å². The van der Waals surface area contributed by atoms with E-state index in [0.29, 0.717) is 0 Å². The number of nitrogens with zero attached hydrogens (tertiary/aromatic N) is 1. The van der Waals surface area contributed by atoms with E-state index in [4.69, 9.17) is 0 Å². The van der Waals surface area contributed by atoms with Gasteiger partial charge < -0.3 is 4.90 Å². The predicted molar refractivity (Wildman–Crippen MR) is 230 cm³/mol. The number of thiophene rings is 1. The third kappa shape index (κ3) is 4.62. The average molecular weight is 696 g/mol. The van der Waals surface area contributed by atoms with E-state index in [9.17, 15) is 0 Å². The molecule has 2 heteroatoms. The van der Waals surface area contributed by atoms with Gasteiger partial charge in [0, 0.05) is 42.9 Å². The van der Waals surface area contributed by atoms with Crippen molar-refractivity contribution in [3.8, 4) is 11.1 Å². The molecule has 0 amide bonds. The van der Waals surface area contributed by atoms with Gasteiger partial charge in [-0.25, -0.2) is 0 Å². The van der Waals surface area contributed by atoms with Gasteiger partial charge in [0.15, 0.2) is 0 Å². The van der Waals surface area contributed by atoms with Crippen LogP contribution in [0.3, 0.4) is 0 Å². The molecule has 9 aromatic rings. The first kappa shape index (κ1) is 30.6. The summed E-state index contributed by atoms with van der Waals surface area (Å²) in [6.07, 6.45) is 7.42. The smallest absolute Gasteiger partial charge is 0.0602 e. The minimum Gasteiger partial charge on any atom is -0.334 e. The van der Waals surface area contributed by atoms with Gasteiger partial charge in [-0.2, -0.15) is 0 Å². The first-order valence-corrected chi connectivity index (χ1v) is 19.5. The lowest BCUT2D eigenvalue weighted by Gasteiger charge is -2.51. The Morgan fingerprint density at radius 2 is 1.09 bits per heavy atom. The average Bonchev–Trinajstić information content (AvgIpc) is 3.59. The minimum absolute atomic E-state index is 0.106. The zero-order chi connectivity index (χ0) is 35.3. The Kier molecular flexibility index (Phi) is 6.66. The van der Waals surface area contributed by atoms with Gasteiger partial charge in [-0.1, -0.05) is 141 Å². The van der Waals surface area contributed by atoms with Gasteiger partial charge in [-0.3, -0.25) is 0 Å². The van der Waals surface area contributed by atoms with E-state index in [2.05, 4.69) is 195 Å². The molecule has 0 bridgehead atoms.